The predicted molar refractivity (Wildman–Crippen MR) is 85.4 cm³/mol. The van der Waals surface area contributed by atoms with E-state index in [1.807, 2.05) is 30.3 Å². The maximum absolute atomic E-state index is 6.16. The highest BCUT2D eigenvalue weighted by molar-refractivity contribution is 6.33. The van der Waals surface area contributed by atoms with E-state index >= 15 is 0 Å². The van der Waals surface area contributed by atoms with Crippen molar-refractivity contribution in [3.63, 3.8) is 0 Å². The average Bonchev–Trinajstić information content (AvgIpc) is 2.95. The fourth-order valence-electron chi connectivity index (χ4n) is 2.40. The second-order valence-corrected chi connectivity index (χ2v) is 5.66. The van der Waals surface area contributed by atoms with E-state index in [1.165, 1.54) is 5.56 Å². The SMILES string of the molecule is CC(CCc1ccc2c(c1)OCO2)Nc1ccccc1Cl. The van der Waals surface area contributed by atoms with Crippen LogP contribution in [-0.4, -0.2) is 12.8 Å². The molecule has 2 aromatic rings. The smallest absolute Gasteiger partial charge is 0.231 e. The summed E-state index contributed by atoms with van der Waals surface area (Å²) >= 11 is 6.16. The zero-order valence-electron chi connectivity index (χ0n) is 11.9. The van der Waals surface area contributed by atoms with Crippen LogP contribution in [0.5, 0.6) is 11.5 Å². The molecule has 0 amide bonds. The molecule has 0 radical (unpaired) electrons. The van der Waals surface area contributed by atoms with Crippen LogP contribution in [0, 0.1) is 0 Å². The minimum Gasteiger partial charge on any atom is -0.454 e. The first-order valence-electron chi connectivity index (χ1n) is 7.12. The van der Waals surface area contributed by atoms with Crippen molar-refractivity contribution in [2.45, 2.75) is 25.8 Å². The van der Waals surface area contributed by atoms with Crippen LogP contribution in [0.1, 0.15) is 18.9 Å². The molecule has 0 fully saturated rings. The first-order valence-corrected chi connectivity index (χ1v) is 7.50. The van der Waals surface area contributed by atoms with Crippen LogP contribution in [0.25, 0.3) is 0 Å². The third-order valence-electron chi connectivity index (χ3n) is 3.58. The summed E-state index contributed by atoms with van der Waals surface area (Å²) in [7, 11) is 0. The van der Waals surface area contributed by atoms with Gasteiger partial charge in [0.2, 0.25) is 6.79 Å². The van der Waals surface area contributed by atoms with Gasteiger partial charge in [-0.15, -0.1) is 0 Å². The quantitative estimate of drug-likeness (QED) is 0.882. The maximum atomic E-state index is 6.16. The van der Waals surface area contributed by atoms with Gasteiger partial charge in [-0.25, -0.2) is 0 Å². The van der Waals surface area contributed by atoms with E-state index in [1.54, 1.807) is 0 Å². The molecule has 1 aliphatic rings. The molecule has 1 N–H and O–H groups in total. The molecule has 1 atom stereocenters. The summed E-state index contributed by atoms with van der Waals surface area (Å²) in [5, 5.41) is 4.20. The van der Waals surface area contributed by atoms with Crippen molar-refractivity contribution in [1.29, 1.82) is 0 Å². The Kier molecular flexibility index (Phi) is 4.20. The van der Waals surface area contributed by atoms with Crippen molar-refractivity contribution in [2.24, 2.45) is 0 Å². The van der Waals surface area contributed by atoms with Gasteiger partial charge in [0, 0.05) is 6.04 Å². The lowest BCUT2D eigenvalue weighted by Crippen LogP contribution is -2.16. The Bertz CT molecular complexity index is 630. The van der Waals surface area contributed by atoms with Crippen LogP contribution < -0.4 is 14.8 Å². The van der Waals surface area contributed by atoms with Crippen molar-refractivity contribution < 1.29 is 9.47 Å². The van der Waals surface area contributed by atoms with Gasteiger partial charge in [0.1, 0.15) is 0 Å². The molecule has 4 heteroatoms. The second kappa shape index (κ2) is 6.27. The van der Waals surface area contributed by atoms with Crippen LogP contribution in [0.15, 0.2) is 42.5 Å². The first kappa shape index (κ1) is 14.1. The normalized spacial score (nSPS) is 14.0. The molecule has 0 bridgehead atoms. The Hall–Kier alpha value is -1.87. The number of hydrogen-bond donors (Lipinski definition) is 1. The molecule has 0 saturated heterocycles. The highest BCUT2D eigenvalue weighted by Crippen LogP contribution is 2.33. The molecule has 0 aromatic heterocycles. The lowest BCUT2D eigenvalue weighted by atomic mass is 10.1. The summed E-state index contributed by atoms with van der Waals surface area (Å²) in [5.41, 5.74) is 2.24. The topological polar surface area (TPSA) is 30.5 Å². The minimum atomic E-state index is 0.323. The third-order valence-corrected chi connectivity index (χ3v) is 3.91. The van der Waals surface area contributed by atoms with Crippen molar-refractivity contribution >= 4 is 17.3 Å². The molecule has 3 rings (SSSR count). The van der Waals surface area contributed by atoms with E-state index < -0.39 is 0 Å². The largest absolute Gasteiger partial charge is 0.454 e. The minimum absolute atomic E-state index is 0.323. The molecule has 21 heavy (non-hydrogen) atoms. The summed E-state index contributed by atoms with van der Waals surface area (Å²) < 4.78 is 10.7. The predicted octanol–water partition coefficient (Wildman–Crippen LogP) is 4.50. The summed E-state index contributed by atoms with van der Waals surface area (Å²) in [5.74, 6) is 1.68. The van der Waals surface area contributed by atoms with Gasteiger partial charge in [0.05, 0.1) is 10.7 Å². The van der Waals surface area contributed by atoms with E-state index in [0.717, 1.165) is 35.1 Å². The fraction of sp³-hybridized carbons (Fsp3) is 0.294. The number of hydrogen-bond acceptors (Lipinski definition) is 3. The molecule has 110 valence electrons. The number of nitrogens with one attached hydrogen (secondary N) is 1. The van der Waals surface area contributed by atoms with Crippen molar-refractivity contribution in [1.82, 2.24) is 0 Å². The zero-order valence-corrected chi connectivity index (χ0v) is 12.7. The van der Waals surface area contributed by atoms with Crippen LogP contribution in [-0.2, 0) is 6.42 Å². The van der Waals surface area contributed by atoms with Crippen molar-refractivity contribution in [3.05, 3.63) is 53.1 Å². The van der Waals surface area contributed by atoms with Gasteiger partial charge in [-0.2, -0.15) is 0 Å². The van der Waals surface area contributed by atoms with E-state index in [0.29, 0.717) is 12.8 Å². The molecule has 0 saturated carbocycles. The van der Waals surface area contributed by atoms with E-state index in [2.05, 4.69) is 24.4 Å². The van der Waals surface area contributed by atoms with Gasteiger partial charge in [-0.05, 0) is 49.6 Å². The summed E-state index contributed by atoms with van der Waals surface area (Å²) in [6.45, 7) is 2.49. The second-order valence-electron chi connectivity index (χ2n) is 5.25. The fourth-order valence-corrected chi connectivity index (χ4v) is 2.59. The standard InChI is InChI=1S/C17H18ClNO2/c1-12(19-15-5-3-2-4-14(15)18)6-7-13-8-9-16-17(10-13)21-11-20-16/h2-5,8-10,12,19H,6-7,11H2,1H3. The number of anilines is 1. The highest BCUT2D eigenvalue weighted by Gasteiger charge is 2.13. The first-order chi connectivity index (χ1) is 10.2. The van der Waals surface area contributed by atoms with E-state index in [4.69, 9.17) is 21.1 Å². The Morgan fingerprint density at radius 3 is 2.81 bits per heavy atom. The molecule has 1 aliphatic heterocycles. The molecule has 0 aliphatic carbocycles. The van der Waals surface area contributed by atoms with Crippen LogP contribution >= 0.6 is 11.6 Å². The molecule has 1 heterocycles. The molecular weight excluding hydrogens is 286 g/mol. The van der Waals surface area contributed by atoms with Gasteiger partial charge in [-0.3, -0.25) is 0 Å². The van der Waals surface area contributed by atoms with Crippen molar-refractivity contribution in [3.8, 4) is 11.5 Å². The molecule has 3 nitrogen and oxygen atoms in total. The maximum Gasteiger partial charge on any atom is 0.231 e. The van der Waals surface area contributed by atoms with E-state index in [9.17, 15) is 0 Å². The molecule has 1 unspecified atom stereocenters. The van der Waals surface area contributed by atoms with Gasteiger partial charge < -0.3 is 14.8 Å². The number of aryl methyl sites for hydroxylation is 1. The summed E-state index contributed by atoms with van der Waals surface area (Å²) in [6, 6.07) is 14.3. The molecule has 2 aromatic carbocycles. The summed E-state index contributed by atoms with van der Waals surface area (Å²) in [4.78, 5) is 0. The van der Waals surface area contributed by atoms with Gasteiger partial charge in [-0.1, -0.05) is 29.8 Å². The summed E-state index contributed by atoms with van der Waals surface area (Å²) in [6.07, 6.45) is 2.00. The van der Waals surface area contributed by atoms with Crippen LogP contribution in [0.3, 0.4) is 0 Å². The number of para-hydroxylation sites is 1. The highest BCUT2D eigenvalue weighted by atomic mass is 35.5. The monoisotopic (exact) mass is 303 g/mol. The van der Waals surface area contributed by atoms with Crippen LogP contribution in [0.4, 0.5) is 5.69 Å². The average molecular weight is 304 g/mol. The van der Waals surface area contributed by atoms with Gasteiger partial charge in [0.25, 0.3) is 0 Å². The number of ether oxygens (including phenoxy) is 2. The van der Waals surface area contributed by atoms with Gasteiger partial charge in [0.15, 0.2) is 11.5 Å². The number of rotatable bonds is 5. The number of halogens is 1. The van der Waals surface area contributed by atoms with E-state index in [-0.39, 0.29) is 0 Å². The van der Waals surface area contributed by atoms with Crippen LogP contribution in [0.2, 0.25) is 5.02 Å². The Morgan fingerprint density at radius 1 is 1.14 bits per heavy atom. The Balaban J connectivity index is 1.56. The van der Waals surface area contributed by atoms with Gasteiger partial charge >= 0.3 is 0 Å². The van der Waals surface area contributed by atoms with Crippen molar-refractivity contribution in [2.75, 3.05) is 12.1 Å². The lowest BCUT2D eigenvalue weighted by molar-refractivity contribution is 0.174. The zero-order chi connectivity index (χ0) is 14.7. The molecule has 0 spiro atoms. The lowest BCUT2D eigenvalue weighted by Gasteiger charge is -2.16. The molecular formula is C17H18ClNO2. The third kappa shape index (κ3) is 3.42. The Labute approximate surface area is 129 Å². The number of fused-ring (bicyclic) bond motifs is 1. The Morgan fingerprint density at radius 2 is 1.95 bits per heavy atom. The number of benzene rings is 2.